The van der Waals surface area contributed by atoms with Crippen LogP contribution in [0.15, 0.2) is 54.6 Å². The Labute approximate surface area is 208 Å². The van der Waals surface area contributed by atoms with E-state index < -0.39 is 0 Å². The normalized spacial score (nSPS) is 18.2. The zero-order valence-corrected chi connectivity index (χ0v) is 21.4. The van der Waals surface area contributed by atoms with E-state index in [9.17, 15) is 4.79 Å². The fourth-order valence-electron chi connectivity index (χ4n) is 5.16. The Morgan fingerprint density at radius 2 is 1.80 bits per heavy atom. The molecule has 1 aliphatic rings. The largest absolute Gasteiger partial charge is 0.496 e. The first-order valence-electron chi connectivity index (χ1n) is 12.4. The van der Waals surface area contributed by atoms with Gasteiger partial charge in [-0.1, -0.05) is 48.5 Å². The lowest BCUT2D eigenvalue weighted by molar-refractivity contribution is -0.126. The lowest BCUT2D eigenvalue weighted by Gasteiger charge is -2.25. The van der Waals surface area contributed by atoms with Crippen LogP contribution in [0.25, 0.3) is 10.8 Å². The number of hydrogen-bond acceptors (Lipinski definition) is 5. The van der Waals surface area contributed by atoms with Gasteiger partial charge in [-0.25, -0.2) is 0 Å². The fraction of sp³-hybridized carbons (Fsp3) is 0.414. The third-order valence-electron chi connectivity index (χ3n) is 6.83. The molecule has 0 radical (unpaired) electrons. The van der Waals surface area contributed by atoms with Gasteiger partial charge in [-0.05, 0) is 49.6 Å². The molecule has 1 heterocycles. The summed E-state index contributed by atoms with van der Waals surface area (Å²) in [6.07, 6.45) is 0.765. The lowest BCUT2D eigenvalue weighted by atomic mass is 10.0. The molecule has 4 rings (SSSR count). The van der Waals surface area contributed by atoms with Crippen LogP contribution >= 0.6 is 0 Å². The monoisotopic (exact) mass is 475 g/mol. The summed E-state index contributed by atoms with van der Waals surface area (Å²) < 4.78 is 11.1. The molecule has 186 valence electrons. The Morgan fingerprint density at radius 1 is 1.03 bits per heavy atom. The van der Waals surface area contributed by atoms with Crippen molar-refractivity contribution >= 4 is 16.7 Å². The predicted molar refractivity (Wildman–Crippen MR) is 141 cm³/mol. The van der Waals surface area contributed by atoms with E-state index in [1.54, 1.807) is 14.2 Å². The quantitative estimate of drug-likeness (QED) is 0.480. The summed E-state index contributed by atoms with van der Waals surface area (Å²) in [6.45, 7) is 8.23. The number of fused-ring (bicyclic) bond motifs is 1. The molecule has 2 N–H and O–H groups in total. The van der Waals surface area contributed by atoms with Crippen LogP contribution in [0.2, 0.25) is 0 Å². The van der Waals surface area contributed by atoms with Gasteiger partial charge in [-0.2, -0.15) is 0 Å². The van der Waals surface area contributed by atoms with Crippen LogP contribution in [-0.4, -0.2) is 49.7 Å². The van der Waals surface area contributed by atoms with Crippen LogP contribution in [0.4, 0.5) is 0 Å². The molecule has 1 amide bonds. The Kier molecular flexibility index (Phi) is 7.93. The van der Waals surface area contributed by atoms with E-state index in [4.69, 9.17) is 9.47 Å². The van der Waals surface area contributed by atoms with Crippen molar-refractivity contribution in [3.05, 3.63) is 71.3 Å². The molecular formula is C29H37N3O3. The average molecular weight is 476 g/mol. The predicted octanol–water partition coefficient (Wildman–Crippen LogP) is 4.42. The average Bonchev–Trinajstić information content (AvgIpc) is 3.25. The minimum absolute atomic E-state index is 0.0995. The number of methoxy groups -OCH3 is 2. The molecule has 1 saturated heterocycles. The smallest absolute Gasteiger partial charge is 0.237 e. The van der Waals surface area contributed by atoms with Crippen molar-refractivity contribution in [1.29, 1.82) is 0 Å². The Bertz CT molecular complexity index is 1170. The maximum atomic E-state index is 13.1. The molecule has 2 atom stereocenters. The van der Waals surface area contributed by atoms with Gasteiger partial charge in [0, 0.05) is 42.8 Å². The molecule has 3 aromatic carbocycles. The van der Waals surface area contributed by atoms with E-state index in [-0.39, 0.29) is 24.0 Å². The van der Waals surface area contributed by atoms with Crippen LogP contribution in [-0.2, 0) is 17.9 Å². The molecule has 0 unspecified atom stereocenters. The molecule has 6 heteroatoms. The number of hydrogen-bond donors (Lipinski definition) is 2. The molecule has 1 aliphatic heterocycles. The molecule has 6 nitrogen and oxygen atoms in total. The van der Waals surface area contributed by atoms with Gasteiger partial charge in [0.15, 0.2) is 0 Å². The molecule has 1 fully saturated rings. The van der Waals surface area contributed by atoms with Crippen LogP contribution in [0.5, 0.6) is 11.5 Å². The molecule has 0 aromatic heterocycles. The highest BCUT2D eigenvalue weighted by Crippen LogP contribution is 2.32. The topological polar surface area (TPSA) is 62.8 Å². The van der Waals surface area contributed by atoms with E-state index in [1.165, 1.54) is 16.3 Å². The highest BCUT2D eigenvalue weighted by atomic mass is 16.5. The molecule has 0 bridgehead atoms. The number of benzene rings is 3. The Balaban J connectivity index is 1.52. The highest BCUT2D eigenvalue weighted by molar-refractivity contribution is 5.86. The number of likely N-dealkylation sites (tertiary alicyclic amines) is 1. The van der Waals surface area contributed by atoms with Gasteiger partial charge < -0.3 is 20.1 Å². The summed E-state index contributed by atoms with van der Waals surface area (Å²) in [6, 6.07) is 19.0. The summed E-state index contributed by atoms with van der Waals surface area (Å²) in [5.74, 6) is 1.76. The van der Waals surface area contributed by atoms with Crippen LogP contribution in [0.3, 0.4) is 0 Å². The second-order valence-corrected chi connectivity index (χ2v) is 9.65. The molecule has 3 aromatic rings. The number of rotatable bonds is 9. The fourth-order valence-corrected chi connectivity index (χ4v) is 5.16. The lowest BCUT2D eigenvalue weighted by Crippen LogP contribution is -2.45. The van der Waals surface area contributed by atoms with Crippen molar-refractivity contribution in [2.24, 2.45) is 0 Å². The SMILES string of the molecule is COc1ccc(CN[C@H]2C[C@@H](C(=O)NC(C)C)N(Cc3cccc4ccccc34)C2)c(OC)c1C. The molecule has 35 heavy (non-hydrogen) atoms. The Hall–Kier alpha value is -3.09. The number of nitrogens with zero attached hydrogens (tertiary/aromatic N) is 1. The molecular weight excluding hydrogens is 438 g/mol. The number of carbonyl (C=O) groups excluding carboxylic acids is 1. The van der Waals surface area contributed by atoms with Crippen LogP contribution in [0, 0.1) is 6.92 Å². The van der Waals surface area contributed by atoms with Gasteiger partial charge in [0.2, 0.25) is 5.91 Å². The number of nitrogens with one attached hydrogen (secondary N) is 2. The second-order valence-electron chi connectivity index (χ2n) is 9.65. The van der Waals surface area contributed by atoms with Crippen molar-refractivity contribution in [3.8, 4) is 11.5 Å². The number of amides is 1. The zero-order valence-electron chi connectivity index (χ0n) is 21.4. The van der Waals surface area contributed by atoms with Crippen molar-refractivity contribution in [2.45, 2.75) is 58.4 Å². The summed E-state index contributed by atoms with van der Waals surface area (Å²) in [7, 11) is 3.37. The van der Waals surface area contributed by atoms with E-state index >= 15 is 0 Å². The minimum atomic E-state index is -0.173. The van der Waals surface area contributed by atoms with Gasteiger partial charge in [-0.15, -0.1) is 0 Å². The van der Waals surface area contributed by atoms with E-state index in [0.717, 1.165) is 42.1 Å². The number of ether oxygens (including phenoxy) is 2. The summed E-state index contributed by atoms with van der Waals surface area (Å²) in [4.78, 5) is 15.5. The van der Waals surface area contributed by atoms with Crippen molar-refractivity contribution in [2.75, 3.05) is 20.8 Å². The van der Waals surface area contributed by atoms with Crippen LogP contribution in [0.1, 0.15) is 37.0 Å². The third kappa shape index (κ3) is 5.60. The first-order valence-corrected chi connectivity index (χ1v) is 12.4. The van der Waals surface area contributed by atoms with Crippen molar-refractivity contribution in [3.63, 3.8) is 0 Å². The zero-order chi connectivity index (χ0) is 24.9. The minimum Gasteiger partial charge on any atom is -0.496 e. The van der Waals surface area contributed by atoms with Gasteiger partial charge in [0.25, 0.3) is 0 Å². The Morgan fingerprint density at radius 3 is 2.54 bits per heavy atom. The van der Waals surface area contributed by atoms with E-state index in [0.29, 0.717) is 6.54 Å². The van der Waals surface area contributed by atoms with Gasteiger partial charge in [-0.3, -0.25) is 9.69 Å². The van der Waals surface area contributed by atoms with E-state index in [1.807, 2.05) is 32.9 Å². The van der Waals surface area contributed by atoms with Crippen molar-refractivity contribution in [1.82, 2.24) is 15.5 Å². The molecule has 0 aliphatic carbocycles. The van der Waals surface area contributed by atoms with Gasteiger partial charge in [0.05, 0.1) is 20.3 Å². The standard InChI is InChI=1S/C29H37N3O3/c1-19(2)31-29(33)26-15-24(30-16-22-13-14-27(34-4)20(3)28(22)35-5)18-32(26)17-23-11-8-10-21-9-6-7-12-25(21)23/h6-14,19,24,26,30H,15-18H2,1-5H3,(H,31,33)/t24-,26-/m0/s1. The first kappa shape index (κ1) is 25.0. The number of carbonyl (C=O) groups is 1. The summed E-state index contributed by atoms with van der Waals surface area (Å²) >= 11 is 0. The van der Waals surface area contributed by atoms with Crippen molar-refractivity contribution < 1.29 is 14.3 Å². The third-order valence-corrected chi connectivity index (χ3v) is 6.83. The highest BCUT2D eigenvalue weighted by Gasteiger charge is 2.37. The maximum Gasteiger partial charge on any atom is 0.237 e. The second kappa shape index (κ2) is 11.1. The van der Waals surface area contributed by atoms with Gasteiger partial charge in [0.1, 0.15) is 11.5 Å². The summed E-state index contributed by atoms with van der Waals surface area (Å²) in [5, 5.41) is 9.28. The van der Waals surface area contributed by atoms with E-state index in [2.05, 4.69) is 58.0 Å². The van der Waals surface area contributed by atoms with Crippen LogP contribution < -0.4 is 20.1 Å². The van der Waals surface area contributed by atoms with Gasteiger partial charge >= 0.3 is 0 Å². The summed E-state index contributed by atoms with van der Waals surface area (Å²) in [5.41, 5.74) is 3.33. The molecule has 0 saturated carbocycles. The maximum absolute atomic E-state index is 13.1. The molecule has 0 spiro atoms. The first-order chi connectivity index (χ1) is 16.9.